The minimum Gasteiger partial charge on any atom is -0.469 e. The molecule has 36 heavy (non-hydrogen) atoms. The van der Waals surface area contributed by atoms with Crippen molar-refractivity contribution in [2.75, 3.05) is 14.2 Å². The molecule has 0 spiro atoms. The van der Waals surface area contributed by atoms with E-state index in [-0.39, 0.29) is 39.3 Å². The van der Waals surface area contributed by atoms with E-state index in [1.54, 1.807) is 13.2 Å². The topological polar surface area (TPSA) is 72.8 Å². The van der Waals surface area contributed by atoms with Crippen LogP contribution >= 0.6 is 0 Å². The molecule has 1 N–H and O–H groups in total. The van der Waals surface area contributed by atoms with Crippen LogP contribution in [0.3, 0.4) is 0 Å². The number of methoxy groups -OCH3 is 2. The summed E-state index contributed by atoms with van der Waals surface area (Å²) in [7, 11) is 3.17. The van der Waals surface area contributed by atoms with Crippen molar-refractivity contribution in [2.45, 2.75) is 111 Å². The van der Waals surface area contributed by atoms with E-state index in [0.29, 0.717) is 11.8 Å². The van der Waals surface area contributed by atoms with Crippen LogP contribution in [0, 0.1) is 44.8 Å². The molecule has 5 heteroatoms. The second-order valence-corrected chi connectivity index (χ2v) is 14.7. The van der Waals surface area contributed by atoms with E-state index in [9.17, 15) is 14.7 Å². The first-order valence-electron chi connectivity index (χ1n) is 14.2. The number of ketones is 1. The molecule has 5 rings (SSSR count). The van der Waals surface area contributed by atoms with E-state index >= 15 is 0 Å². The van der Waals surface area contributed by atoms with Gasteiger partial charge in [-0.2, -0.15) is 0 Å². The molecule has 0 heterocycles. The van der Waals surface area contributed by atoms with Crippen molar-refractivity contribution in [3.8, 4) is 0 Å². The fraction of sp³-hybridized carbons (Fsp3) is 0.871. The van der Waals surface area contributed by atoms with Gasteiger partial charge in [0.2, 0.25) is 0 Å². The molecule has 4 saturated carbocycles. The van der Waals surface area contributed by atoms with Gasteiger partial charge in [-0.05, 0) is 111 Å². The minimum absolute atomic E-state index is 0.0511. The van der Waals surface area contributed by atoms with Gasteiger partial charge in [-0.1, -0.05) is 33.3 Å². The molecule has 10 atom stereocenters. The third kappa shape index (κ3) is 3.08. The summed E-state index contributed by atoms with van der Waals surface area (Å²) in [6.07, 6.45) is 10.2. The Labute approximate surface area is 217 Å². The number of aliphatic hydroxyl groups excluding tert-OH is 1. The Morgan fingerprint density at radius 2 is 1.50 bits per heavy atom. The van der Waals surface area contributed by atoms with Crippen LogP contribution in [0.25, 0.3) is 0 Å². The molecule has 0 saturated heterocycles. The number of hydrogen-bond donors (Lipinski definition) is 1. The van der Waals surface area contributed by atoms with E-state index < -0.39 is 17.1 Å². The zero-order valence-corrected chi connectivity index (χ0v) is 23.8. The summed E-state index contributed by atoms with van der Waals surface area (Å²) in [5.74, 6) is 0.742. The van der Waals surface area contributed by atoms with Gasteiger partial charge in [-0.15, -0.1) is 0 Å². The predicted octanol–water partition coefficient (Wildman–Crippen LogP) is 5.88. The van der Waals surface area contributed by atoms with Crippen LogP contribution < -0.4 is 0 Å². The molecule has 5 aliphatic rings. The van der Waals surface area contributed by atoms with Crippen molar-refractivity contribution in [3.63, 3.8) is 0 Å². The highest BCUT2D eigenvalue weighted by Crippen LogP contribution is 2.77. The lowest BCUT2D eigenvalue weighted by molar-refractivity contribution is -0.229. The Balaban J connectivity index is 1.56. The van der Waals surface area contributed by atoms with E-state index in [2.05, 4.69) is 34.6 Å². The second-order valence-electron chi connectivity index (χ2n) is 14.7. The lowest BCUT2D eigenvalue weighted by Crippen LogP contribution is -2.67. The van der Waals surface area contributed by atoms with Crippen molar-refractivity contribution < 1.29 is 24.2 Å². The SMILES string of the molecule is COC(=O)[C@]1(C)CC[C@]2(C)CC[C@]3(C)C4CCC5C(=CC(=O)[C@H](O)[C@@]5(C)OC)[C@]4(C)CC[C@@]3(C)[C@@H]2C1. The maximum atomic E-state index is 13.0. The van der Waals surface area contributed by atoms with Crippen LogP contribution in [0.4, 0.5) is 0 Å². The standard InChI is InChI=1S/C31H48O5/c1-26-11-12-27(2,25(34)35-7)18-23(26)30(5)16-14-28(3)20-17-21(32)24(33)31(6,36-8)19(20)9-10-22(28)29(30,4)15-13-26/h17,19,22-24,33H,9-16,18H2,1-8H3/t19?,22?,23-,24+,26-,27-,28+,29-,30+,31+/m1/s1. The summed E-state index contributed by atoms with van der Waals surface area (Å²) in [4.78, 5) is 25.9. The molecule has 4 fully saturated rings. The molecule has 0 aromatic carbocycles. The summed E-state index contributed by atoms with van der Waals surface area (Å²) < 4.78 is 11.2. The van der Waals surface area contributed by atoms with Gasteiger partial charge in [0, 0.05) is 13.0 Å². The van der Waals surface area contributed by atoms with Gasteiger partial charge in [0.15, 0.2) is 5.78 Å². The molecule has 0 aromatic rings. The number of carbonyl (C=O) groups is 2. The molecule has 2 unspecified atom stereocenters. The van der Waals surface area contributed by atoms with Gasteiger partial charge in [-0.25, -0.2) is 0 Å². The van der Waals surface area contributed by atoms with Crippen LogP contribution in [0.5, 0.6) is 0 Å². The number of fused-ring (bicyclic) bond motifs is 7. The van der Waals surface area contributed by atoms with Gasteiger partial charge in [0.25, 0.3) is 0 Å². The highest BCUT2D eigenvalue weighted by molar-refractivity contribution is 5.96. The van der Waals surface area contributed by atoms with Gasteiger partial charge >= 0.3 is 5.97 Å². The monoisotopic (exact) mass is 500 g/mol. The number of hydrogen-bond acceptors (Lipinski definition) is 5. The van der Waals surface area contributed by atoms with Crippen molar-refractivity contribution in [1.82, 2.24) is 0 Å². The van der Waals surface area contributed by atoms with Crippen LogP contribution in [0.2, 0.25) is 0 Å². The zero-order valence-electron chi connectivity index (χ0n) is 23.8. The first-order valence-corrected chi connectivity index (χ1v) is 14.2. The Bertz CT molecular complexity index is 1000. The maximum absolute atomic E-state index is 13.0. The van der Waals surface area contributed by atoms with Crippen LogP contribution in [0.15, 0.2) is 11.6 Å². The molecule has 0 aliphatic heterocycles. The molecule has 202 valence electrons. The fourth-order valence-corrected chi connectivity index (χ4v) is 10.6. The minimum atomic E-state index is -1.10. The van der Waals surface area contributed by atoms with E-state index in [1.165, 1.54) is 25.5 Å². The number of aliphatic hydroxyl groups is 1. The lowest BCUT2D eigenvalue weighted by atomic mass is 9.32. The maximum Gasteiger partial charge on any atom is 0.311 e. The summed E-state index contributed by atoms with van der Waals surface area (Å²) in [6.45, 7) is 14.0. The average Bonchev–Trinajstić information content (AvgIpc) is 2.85. The van der Waals surface area contributed by atoms with Crippen molar-refractivity contribution in [1.29, 1.82) is 0 Å². The number of rotatable bonds is 2. The van der Waals surface area contributed by atoms with Crippen molar-refractivity contribution in [2.24, 2.45) is 44.8 Å². The highest BCUT2D eigenvalue weighted by Gasteiger charge is 2.70. The van der Waals surface area contributed by atoms with E-state index in [0.717, 1.165) is 44.9 Å². The van der Waals surface area contributed by atoms with Gasteiger partial charge < -0.3 is 14.6 Å². The normalized spacial score (nSPS) is 54.4. The zero-order chi connectivity index (χ0) is 26.5. The summed E-state index contributed by atoms with van der Waals surface area (Å²) in [5, 5.41) is 10.8. The Morgan fingerprint density at radius 1 is 0.889 bits per heavy atom. The molecule has 5 aliphatic carbocycles. The quantitative estimate of drug-likeness (QED) is 0.479. The lowest BCUT2D eigenvalue weighted by Gasteiger charge is -2.73. The second kappa shape index (κ2) is 7.91. The molecule has 0 amide bonds. The predicted molar refractivity (Wildman–Crippen MR) is 139 cm³/mol. The van der Waals surface area contributed by atoms with Gasteiger partial charge in [0.05, 0.1) is 12.5 Å². The van der Waals surface area contributed by atoms with Crippen molar-refractivity contribution >= 4 is 11.8 Å². The van der Waals surface area contributed by atoms with Crippen LogP contribution in [-0.2, 0) is 19.1 Å². The number of esters is 1. The number of carbonyl (C=O) groups excluding carboxylic acids is 2. The van der Waals surface area contributed by atoms with Gasteiger partial charge in [0.1, 0.15) is 11.7 Å². The Hall–Kier alpha value is -1.20. The summed E-state index contributed by atoms with van der Waals surface area (Å²) in [6, 6.07) is 0. The molecule has 5 nitrogen and oxygen atoms in total. The van der Waals surface area contributed by atoms with E-state index in [4.69, 9.17) is 9.47 Å². The average molecular weight is 501 g/mol. The molecular weight excluding hydrogens is 452 g/mol. The highest BCUT2D eigenvalue weighted by atomic mass is 16.5. The molecule has 0 radical (unpaired) electrons. The molecular formula is C31H48O5. The number of ether oxygens (including phenoxy) is 2. The molecule has 0 aromatic heterocycles. The summed E-state index contributed by atoms with van der Waals surface area (Å²) >= 11 is 0. The fourth-order valence-electron chi connectivity index (χ4n) is 10.6. The smallest absolute Gasteiger partial charge is 0.311 e. The first-order chi connectivity index (χ1) is 16.7. The Morgan fingerprint density at radius 3 is 2.14 bits per heavy atom. The first kappa shape index (κ1) is 26.4. The van der Waals surface area contributed by atoms with Crippen LogP contribution in [-0.4, -0.2) is 42.8 Å². The van der Waals surface area contributed by atoms with E-state index in [1.807, 2.05) is 6.92 Å². The van der Waals surface area contributed by atoms with Crippen molar-refractivity contribution in [3.05, 3.63) is 11.6 Å². The largest absolute Gasteiger partial charge is 0.469 e. The summed E-state index contributed by atoms with van der Waals surface area (Å²) in [5.41, 5.74) is 0.356. The van der Waals surface area contributed by atoms with Gasteiger partial charge in [-0.3, -0.25) is 9.59 Å². The third-order valence-corrected chi connectivity index (χ3v) is 13.4. The third-order valence-electron chi connectivity index (χ3n) is 13.4. The van der Waals surface area contributed by atoms with Crippen LogP contribution in [0.1, 0.15) is 99.3 Å². The molecule has 0 bridgehead atoms. The Kier molecular flexibility index (Phi) is 5.80.